The highest BCUT2D eigenvalue weighted by molar-refractivity contribution is 14.0. The predicted octanol–water partition coefficient (Wildman–Crippen LogP) is 5.98. The molecule has 0 bridgehead atoms. The molecule has 1 aliphatic carbocycles. The minimum absolute atomic E-state index is 0. The second-order valence-corrected chi connectivity index (χ2v) is 7.46. The molecule has 0 radical (unpaired) electrons. The molecule has 0 atom stereocenters. The second-order valence-electron chi connectivity index (χ2n) is 6.50. The largest absolute Gasteiger partial charge is 0.381 e. The second kappa shape index (κ2) is 23.0. The summed E-state index contributed by atoms with van der Waals surface area (Å²) in [5.41, 5.74) is 0. The lowest BCUT2D eigenvalue weighted by Gasteiger charge is -2.25. The fourth-order valence-corrected chi connectivity index (χ4v) is 2.97. The number of halogens is 4. The Labute approximate surface area is 197 Å². The van der Waals surface area contributed by atoms with Crippen LogP contribution in [-0.4, -0.2) is 54.1 Å². The van der Waals surface area contributed by atoms with Crippen LogP contribution in [0, 0.1) is 0 Å². The topological polar surface area (TPSA) is 46.6 Å². The maximum atomic E-state index is 11.0. The molecule has 0 aromatic carbocycles. The van der Waals surface area contributed by atoms with E-state index in [1.165, 1.54) is 57.8 Å². The summed E-state index contributed by atoms with van der Waals surface area (Å²) >= 11 is 14.9. The van der Waals surface area contributed by atoms with E-state index in [0.717, 1.165) is 39.1 Å². The van der Waals surface area contributed by atoms with Gasteiger partial charge in [0.2, 0.25) is 11.1 Å². The van der Waals surface area contributed by atoms with Crippen molar-refractivity contribution in [2.45, 2.75) is 70.6 Å². The average Bonchev–Trinajstić information content (AvgIpc) is 3.30. The van der Waals surface area contributed by atoms with Crippen molar-refractivity contribution in [1.29, 1.82) is 0 Å². The van der Waals surface area contributed by atoms with Crippen molar-refractivity contribution >= 4 is 69.9 Å². The maximum Gasteiger partial charge on any atom is 0.237 e. The number of carbonyl (C=O) groups excluding carboxylic acids is 2. The van der Waals surface area contributed by atoms with E-state index in [2.05, 4.69) is 0 Å². The molecule has 0 spiro atoms. The third kappa shape index (κ3) is 21.2. The third-order valence-corrected chi connectivity index (χ3v) is 5.00. The zero-order valence-electron chi connectivity index (χ0n) is 16.2. The van der Waals surface area contributed by atoms with Crippen LogP contribution in [0.5, 0.6) is 0 Å². The highest BCUT2D eigenvalue weighted by Gasteiger charge is 2.14. The Morgan fingerprint density at radius 1 is 0.704 bits per heavy atom. The number of likely N-dealkylation sites (tertiary alicyclic amines) is 1. The highest BCUT2D eigenvalue weighted by Crippen LogP contribution is 2.15. The lowest BCUT2D eigenvalue weighted by Crippen LogP contribution is -2.36. The van der Waals surface area contributed by atoms with E-state index in [9.17, 15) is 9.59 Å². The van der Waals surface area contributed by atoms with Gasteiger partial charge in [0.15, 0.2) is 0 Å². The van der Waals surface area contributed by atoms with Gasteiger partial charge in [-0.1, -0.05) is 38.5 Å². The Morgan fingerprint density at radius 3 is 1.33 bits per heavy atom. The van der Waals surface area contributed by atoms with Gasteiger partial charge in [0, 0.05) is 26.3 Å². The number of amides is 1. The Balaban J connectivity index is 0. The van der Waals surface area contributed by atoms with Crippen molar-refractivity contribution in [2.75, 3.05) is 38.1 Å². The van der Waals surface area contributed by atoms with Gasteiger partial charge in [0.25, 0.3) is 0 Å². The van der Waals surface area contributed by atoms with E-state index >= 15 is 0 Å². The molecule has 2 saturated heterocycles. The first-order valence-corrected chi connectivity index (χ1v) is 11.2. The van der Waals surface area contributed by atoms with Crippen molar-refractivity contribution in [2.24, 2.45) is 0 Å². The highest BCUT2D eigenvalue weighted by atomic mass is 127. The summed E-state index contributed by atoms with van der Waals surface area (Å²) in [6.45, 7) is 3.82. The predicted molar refractivity (Wildman–Crippen MR) is 126 cm³/mol. The summed E-state index contributed by atoms with van der Waals surface area (Å²) in [4.78, 5) is 22.3. The number of hydrogen-bond donors (Lipinski definition) is 0. The molecule has 0 N–H and O–H groups in total. The van der Waals surface area contributed by atoms with Crippen molar-refractivity contribution in [3.05, 3.63) is 0 Å². The number of nitrogens with zero attached hydrogens (tertiary/aromatic N) is 1. The van der Waals surface area contributed by atoms with Crippen molar-refractivity contribution < 1.29 is 14.3 Å². The van der Waals surface area contributed by atoms with Gasteiger partial charge in [-0.25, -0.2) is 0 Å². The standard InChI is InChI=1S/C7H12ClNO.C6H12.C4H8O.C2H2Cl2O.HI/c8-6-7(10)9-4-2-1-3-5-9;1-2-4-6-5-3-1;1-2-4-5-3-1;3-1-2(4)5;/h1-6H2;1-6H2;1-4H2;1H2;1H. The molecule has 2 aliphatic heterocycles. The summed E-state index contributed by atoms with van der Waals surface area (Å²) in [5.74, 6) is 0.128. The maximum absolute atomic E-state index is 11.0. The van der Waals surface area contributed by atoms with Crippen LogP contribution in [-0.2, 0) is 14.3 Å². The molecule has 27 heavy (non-hydrogen) atoms. The van der Waals surface area contributed by atoms with Crippen LogP contribution in [0.4, 0.5) is 0 Å². The molecular weight excluding hydrogens is 523 g/mol. The van der Waals surface area contributed by atoms with Crippen molar-refractivity contribution in [3.8, 4) is 0 Å². The summed E-state index contributed by atoms with van der Waals surface area (Å²) in [6, 6.07) is 0. The van der Waals surface area contributed by atoms with Crippen LogP contribution in [0.15, 0.2) is 0 Å². The zero-order valence-corrected chi connectivity index (χ0v) is 20.8. The van der Waals surface area contributed by atoms with E-state index in [0.29, 0.717) is 0 Å². The first-order valence-electron chi connectivity index (χ1n) is 9.77. The summed E-state index contributed by atoms with van der Waals surface area (Å²) in [5, 5.41) is -0.508. The van der Waals surface area contributed by atoms with E-state index in [1.54, 1.807) is 0 Å². The number of ether oxygens (including phenoxy) is 1. The smallest absolute Gasteiger partial charge is 0.237 e. The van der Waals surface area contributed by atoms with Gasteiger partial charge in [-0.2, -0.15) is 0 Å². The van der Waals surface area contributed by atoms with Crippen LogP contribution in [0.2, 0.25) is 0 Å². The molecular formula is C19H35Cl3INO3. The fourth-order valence-electron chi connectivity index (χ4n) is 2.80. The number of hydrogen-bond acceptors (Lipinski definition) is 3. The number of carbonyl (C=O) groups is 2. The molecule has 1 amide bonds. The zero-order chi connectivity index (χ0) is 19.5. The Morgan fingerprint density at radius 2 is 1.07 bits per heavy atom. The molecule has 3 fully saturated rings. The average molecular weight is 559 g/mol. The molecule has 1 saturated carbocycles. The third-order valence-electron chi connectivity index (χ3n) is 4.26. The van der Waals surface area contributed by atoms with Gasteiger partial charge in [-0.05, 0) is 43.7 Å². The van der Waals surface area contributed by atoms with E-state index in [4.69, 9.17) is 39.5 Å². The van der Waals surface area contributed by atoms with Crippen LogP contribution >= 0.6 is 58.8 Å². The first-order chi connectivity index (χ1) is 12.6. The van der Waals surface area contributed by atoms with Crippen LogP contribution in [0.1, 0.15) is 70.6 Å². The van der Waals surface area contributed by atoms with Gasteiger partial charge >= 0.3 is 0 Å². The van der Waals surface area contributed by atoms with Crippen LogP contribution < -0.4 is 0 Å². The van der Waals surface area contributed by atoms with E-state index < -0.39 is 5.24 Å². The molecule has 0 aromatic rings. The number of alkyl halides is 2. The molecule has 2 heterocycles. The lowest BCUT2D eigenvalue weighted by atomic mass is 10.0. The SMILES string of the molecule is C1CCCCC1.C1CCOC1.I.O=C(CCl)N1CCCCC1.O=C(Cl)CCl. The van der Waals surface area contributed by atoms with E-state index in [1.807, 2.05) is 4.90 Å². The van der Waals surface area contributed by atoms with Crippen molar-refractivity contribution in [1.82, 2.24) is 4.90 Å². The Hall–Kier alpha value is 0.700. The quantitative estimate of drug-likeness (QED) is 0.238. The van der Waals surface area contributed by atoms with Crippen LogP contribution in [0.25, 0.3) is 0 Å². The minimum atomic E-state index is -0.508. The summed E-state index contributed by atoms with van der Waals surface area (Å²) in [7, 11) is 0. The number of rotatable bonds is 2. The van der Waals surface area contributed by atoms with Gasteiger partial charge in [-0.15, -0.1) is 47.2 Å². The Kier molecular flexibility index (Phi) is 25.5. The fraction of sp³-hybridized carbons (Fsp3) is 0.895. The van der Waals surface area contributed by atoms with Gasteiger partial charge in [0.1, 0.15) is 5.88 Å². The van der Waals surface area contributed by atoms with Crippen molar-refractivity contribution in [3.63, 3.8) is 0 Å². The molecule has 4 nitrogen and oxygen atoms in total. The molecule has 162 valence electrons. The summed E-state index contributed by atoms with van der Waals surface area (Å²) < 4.78 is 4.94. The first kappa shape index (κ1) is 29.9. The molecule has 0 aromatic heterocycles. The molecule has 8 heteroatoms. The van der Waals surface area contributed by atoms with Gasteiger partial charge < -0.3 is 9.64 Å². The minimum Gasteiger partial charge on any atom is -0.381 e. The monoisotopic (exact) mass is 557 g/mol. The van der Waals surface area contributed by atoms with E-state index in [-0.39, 0.29) is 41.6 Å². The van der Waals surface area contributed by atoms with Gasteiger partial charge in [-0.3, -0.25) is 9.59 Å². The van der Waals surface area contributed by atoms with Crippen LogP contribution in [0.3, 0.4) is 0 Å². The summed E-state index contributed by atoms with van der Waals surface area (Å²) in [6.07, 6.45) is 15.1. The molecule has 3 rings (SSSR count). The van der Waals surface area contributed by atoms with Gasteiger partial charge in [0.05, 0.1) is 5.88 Å². The Bertz CT molecular complexity index is 330. The number of piperidine rings is 1. The normalized spacial score (nSPS) is 18.3. The molecule has 3 aliphatic rings. The lowest BCUT2D eigenvalue weighted by molar-refractivity contribution is -0.129. The molecule has 0 unspecified atom stereocenters.